The van der Waals surface area contributed by atoms with Gasteiger partial charge in [0, 0.05) is 34.5 Å². The summed E-state index contributed by atoms with van der Waals surface area (Å²) in [6.45, 7) is 4.77. The summed E-state index contributed by atoms with van der Waals surface area (Å²) in [5.41, 5.74) is 11.7. The lowest BCUT2D eigenvalue weighted by atomic mass is 9.80. The van der Waals surface area contributed by atoms with Gasteiger partial charge in [-0.1, -0.05) is 74.5 Å². The van der Waals surface area contributed by atoms with Crippen molar-refractivity contribution < 1.29 is 0 Å². The largest absolute Gasteiger partial charge is 0.309 e. The highest BCUT2D eigenvalue weighted by atomic mass is 15.0. The van der Waals surface area contributed by atoms with Crippen LogP contribution in [-0.4, -0.2) is 10.8 Å². The molecule has 1 aliphatic carbocycles. The molecule has 166 valence electrons. The van der Waals surface area contributed by atoms with Gasteiger partial charge in [0.25, 0.3) is 0 Å². The molecular formula is C33H24N2. The highest BCUT2D eigenvalue weighted by Crippen LogP contribution is 2.55. The minimum atomic E-state index is -0.0617. The van der Waals surface area contributed by atoms with E-state index in [0.29, 0.717) is 0 Å². The van der Waals surface area contributed by atoms with Gasteiger partial charge in [0.05, 0.1) is 16.7 Å². The van der Waals surface area contributed by atoms with Crippen LogP contribution in [0, 0.1) is 0 Å². The van der Waals surface area contributed by atoms with Crippen molar-refractivity contribution in [3.05, 3.63) is 108 Å². The molecule has 0 amide bonds. The molecule has 0 saturated heterocycles. The molecular weight excluding hydrogens is 424 g/mol. The molecule has 0 spiro atoms. The predicted molar refractivity (Wildman–Crippen MR) is 148 cm³/mol. The van der Waals surface area contributed by atoms with Crippen molar-refractivity contribution in [3.8, 4) is 16.8 Å². The highest BCUT2D eigenvalue weighted by molar-refractivity contribution is 6.19. The van der Waals surface area contributed by atoms with E-state index in [1.165, 1.54) is 66.1 Å². The number of para-hydroxylation sites is 1. The Morgan fingerprint density at radius 1 is 0.771 bits per heavy atom. The van der Waals surface area contributed by atoms with Gasteiger partial charge < -0.3 is 4.57 Å². The molecule has 2 nitrogen and oxygen atoms in total. The summed E-state index contributed by atoms with van der Waals surface area (Å²) in [6.07, 6.45) is 2.92. The molecule has 2 aliphatic rings. The van der Waals surface area contributed by atoms with E-state index in [4.69, 9.17) is 0 Å². The summed E-state index contributed by atoms with van der Waals surface area (Å²) in [5.74, 6) is 0. The Hall–Kier alpha value is -4.17. The fraction of sp³-hybridized carbons (Fsp3) is 0.121. The van der Waals surface area contributed by atoms with Gasteiger partial charge in [0.15, 0.2) is 0 Å². The lowest BCUT2D eigenvalue weighted by molar-refractivity contribution is 0.666. The minimum absolute atomic E-state index is 0.0617. The third kappa shape index (κ3) is 2.37. The van der Waals surface area contributed by atoms with Gasteiger partial charge in [-0.3, -0.25) is 4.99 Å². The average molecular weight is 449 g/mol. The van der Waals surface area contributed by atoms with Crippen LogP contribution in [0.3, 0.4) is 0 Å². The van der Waals surface area contributed by atoms with Crippen LogP contribution in [0.2, 0.25) is 0 Å². The molecule has 35 heavy (non-hydrogen) atoms. The zero-order chi connectivity index (χ0) is 23.3. The first-order valence-electron chi connectivity index (χ1n) is 12.4. The summed E-state index contributed by atoms with van der Waals surface area (Å²) in [5, 5.41) is 5.35. The minimum Gasteiger partial charge on any atom is -0.309 e. The molecule has 2 heterocycles. The van der Waals surface area contributed by atoms with Crippen LogP contribution in [0.1, 0.15) is 30.5 Å². The maximum Gasteiger partial charge on any atom is 0.0663 e. The number of aliphatic imine (C=N–C) groups is 1. The number of rotatable bonds is 1. The summed E-state index contributed by atoms with van der Waals surface area (Å²) >= 11 is 0. The highest BCUT2D eigenvalue weighted by Gasteiger charge is 2.38. The Balaban J connectivity index is 1.53. The third-order valence-electron chi connectivity index (χ3n) is 8.20. The van der Waals surface area contributed by atoms with Gasteiger partial charge in [0.2, 0.25) is 0 Å². The van der Waals surface area contributed by atoms with Crippen molar-refractivity contribution in [2.24, 2.45) is 4.99 Å². The van der Waals surface area contributed by atoms with Crippen molar-refractivity contribution in [2.75, 3.05) is 0 Å². The van der Waals surface area contributed by atoms with Gasteiger partial charge in [0.1, 0.15) is 0 Å². The molecule has 2 heteroatoms. The first-order valence-corrected chi connectivity index (χ1v) is 12.4. The second-order valence-electron chi connectivity index (χ2n) is 10.4. The van der Waals surface area contributed by atoms with Crippen molar-refractivity contribution in [3.63, 3.8) is 0 Å². The molecule has 0 unspecified atom stereocenters. The maximum atomic E-state index is 4.53. The van der Waals surface area contributed by atoms with E-state index in [1.807, 2.05) is 6.21 Å². The smallest absolute Gasteiger partial charge is 0.0663 e. The quantitative estimate of drug-likeness (QED) is 0.240. The topological polar surface area (TPSA) is 17.3 Å². The van der Waals surface area contributed by atoms with Crippen molar-refractivity contribution >= 4 is 44.5 Å². The molecule has 0 fully saturated rings. The standard InChI is InChI=1S/C33H24N2/c1-33(2)26-14-16-29-31(30(26)25-13-11-20-7-3-4-8-23(20)32(25)33)24-9-5-6-10-28(24)35(29)22-12-15-27-21(19-22)17-18-34-27/h3-16,18-19H,17H2,1-2H3. The average Bonchev–Trinajstić information content (AvgIpc) is 3.55. The fourth-order valence-corrected chi connectivity index (χ4v) is 6.67. The second kappa shape index (κ2) is 6.49. The SMILES string of the molecule is CC1(C)c2ccc3c(c2-c2ccc4ccccc4c21)c1ccccc1n3-c1ccc2c(c1)CC=N2. The zero-order valence-electron chi connectivity index (χ0n) is 19.8. The molecule has 0 saturated carbocycles. The Morgan fingerprint density at radius 3 is 2.51 bits per heavy atom. The van der Waals surface area contributed by atoms with E-state index in [2.05, 4.69) is 114 Å². The summed E-state index contributed by atoms with van der Waals surface area (Å²) in [7, 11) is 0. The fourth-order valence-electron chi connectivity index (χ4n) is 6.67. The molecule has 5 aromatic carbocycles. The van der Waals surface area contributed by atoms with E-state index in [9.17, 15) is 0 Å². The normalized spacial score (nSPS) is 15.1. The van der Waals surface area contributed by atoms with E-state index in [-0.39, 0.29) is 5.41 Å². The molecule has 0 atom stereocenters. The molecule has 0 bridgehead atoms. The van der Waals surface area contributed by atoms with E-state index in [0.717, 1.165) is 12.1 Å². The van der Waals surface area contributed by atoms with Gasteiger partial charge >= 0.3 is 0 Å². The number of hydrogen-bond donors (Lipinski definition) is 0. The second-order valence-corrected chi connectivity index (χ2v) is 10.4. The summed E-state index contributed by atoms with van der Waals surface area (Å²) in [4.78, 5) is 4.53. The van der Waals surface area contributed by atoms with E-state index in [1.54, 1.807) is 0 Å². The number of aromatic nitrogens is 1. The van der Waals surface area contributed by atoms with Crippen LogP contribution in [0.15, 0.2) is 96.0 Å². The van der Waals surface area contributed by atoms with E-state index < -0.39 is 0 Å². The molecule has 6 aromatic rings. The maximum absolute atomic E-state index is 4.53. The predicted octanol–water partition coefficient (Wildman–Crippen LogP) is 8.50. The van der Waals surface area contributed by atoms with Crippen LogP contribution in [0.4, 0.5) is 5.69 Å². The van der Waals surface area contributed by atoms with Gasteiger partial charge in [-0.2, -0.15) is 0 Å². The van der Waals surface area contributed by atoms with Crippen molar-refractivity contribution in [1.29, 1.82) is 0 Å². The Bertz CT molecular complexity index is 1900. The van der Waals surface area contributed by atoms with Crippen LogP contribution in [0.25, 0.3) is 49.4 Å². The molecule has 1 aromatic heterocycles. The first kappa shape index (κ1) is 19.2. The lowest BCUT2D eigenvalue weighted by Crippen LogP contribution is -2.15. The molecule has 0 radical (unpaired) electrons. The number of hydrogen-bond acceptors (Lipinski definition) is 1. The van der Waals surface area contributed by atoms with Crippen LogP contribution in [-0.2, 0) is 11.8 Å². The van der Waals surface area contributed by atoms with Gasteiger partial charge in [-0.15, -0.1) is 0 Å². The van der Waals surface area contributed by atoms with Crippen molar-refractivity contribution in [2.45, 2.75) is 25.7 Å². The lowest BCUT2D eigenvalue weighted by Gasteiger charge is -2.23. The van der Waals surface area contributed by atoms with Crippen LogP contribution in [0.5, 0.6) is 0 Å². The van der Waals surface area contributed by atoms with Gasteiger partial charge in [-0.25, -0.2) is 0 Å². The molecule has 1 aliphatic heterocycles. The number of nitrogens with zero attached hydrogens (tertiary/aromatic N) is 2. The van der Waals surface area contributed by atoms with Crippen LogP contribution >= 0.6 is 0 Å². The Labute approximate surface area is 204 Å². The molecule has 0 N–H and O–H groups in total. The molecule has 8 rings (SSSR count). The monoisotopic (exact) mass is 448 g/mol. The third-order valence-corrected chi connectivity index (χ3v) is 8.20. The summed E-state index contributed by atoms with van der Waals surface area (Å²) < 4.78 is 2.44. The van der Waals surface area contributed by atoms with Crippen molar-refractivity contribution in [1.82, 2.24) is 4.57 Å². The number of benzene rings is 5. The first-order chi connectivity index (χ1) is 17.1. The summed E-state index contributed by atoms with van der Waals surface area (Å²) in [6, 6.07) is 33.7. The number of fused-ring (bicyclic) bond motifs is 10. The van der Waals surface area contributed by atoms with E-state index >= 15 is 0 Å². The Morgan fingerprint density at radius 2 is 1.60 bits per heavy atom. The zero-order valence-corrected chi connectivity index (χ0v) is 19.8. The van der Waals surface area contributed by atoms with Gasteiger partial charge in [-0.05, 0) is 68.9 Å². The Kier molecular flexibility index (Phi) is 3.55. The van der Waals surface area contributed by atoms with Crippen LogP contribution < -0.4 is 0 Å².